The second-order valence-corrected chi connectivity index (χ2v) is 5.24. The second kappa shape index (κ2) is 6.35. The maximum atomic E-state index is 11.3. The van der Waals surface area contributed by atoms with Crippen LogP contribution in [0.25, 0.3) is 5.69 Å². The van der Waals surface area contributed by atoms with Crippen LogP contribution in [0.2, 0.25) is 0 Å². The normalized spacial score (nSPS) is 10.6. The molecule has 4 heteroatoms. The first kappa shape index (κ1) is 14.2. The fraction of sp³-hybridized carbons (Fsp3) is 0.167. The molecule has 0 aliphatic rings. The molecule has 0 saturated heterocycles. The molecule has 22 heavy (non-hydrogen) atoms. The average Bonchev–Trinajstić information content (AvgIpc) is 3.03. The van der Waals surface area contributed by atoms with E-state index in [-0.39, 0.29) is 5.78 Å². The Kier molecular flexibility index (Phi) is 4.10. The standard InChI is InChI=1S/C18H17N3O/c1-14(22)16-8-11-18(12-9-16)21-13-17(19-20-21)10-7-15-5-3-2-4-6-15/h2-6,8-9,11-13H,7,10H2,1H3. The van der Waals surface area contributed by atoms with Crippen molar-refractivity contribution in [1.82, 2.24) is 15.0 Å². The summed E-state index contributed by atoms with van der Waals surface area (Å²) in [6.45, 7) is 1.56. The third-order valence-corrected chi connectivity index (χ3v) is 3.59. The number of aryl methyl sites for hydroxylation is 2. The lowest BCUT2D eigenvalue weighted by molar-refractivity contribution is 0.101. The van der Waals surface area contributed by atoms with Crippen LogP contribution in [-0.2, 0) is 12.8 Å². The lowest BCUT2D eigenvalue weighted by Gasteiger charge is -2.01. The van der Waals surface area contributed by atoms with Gasteiger partial charge in [-0.05, 0) is 49.6 Å². The zero-order valence-corrected chi connectivity index (χ0v) is 12.4. The molecule has 0 saturated carbocycles. The summed E-state index contributed by atoms with van der Waals surface area (Å²) in [6.07, 6.45) is 3.74. The summed E-state index contributed by atoms with van der Waals surface area (Å²) in [5.41, 5.74) is 3.86. The van der Waals surface area contributed by atoms with Crippen molar-refractivity contribution in [3.8, 4) is 5.69 Å². The molecule has 1 aromatic heterocycles. The Bertz CT molecular complexity index is 761. The summed E-state index contributed by atoms with van der Waals surface area (Å²) in [5.74, 6) is 0.0636. The van der Waals surface area contributed by atoms with Crippen LogP contribution >= 0.6 is 0 Å². The molecule has 2 aromatic carbocycles. The van der Waals surface area contributed by atoms with Gasteiger partial charge in [-0.1, -0.05) is 35.5 Å². The van der Waals surface area contributed by atoms with Gasteiger partial charge in [-0.3, -0.25) is 4.79 Å². The summed E-state index contributed by atoms with van der Waals surface area (Å²) in [4.78, 5) is 11.3. The number of carbonyl (C=O) groups excluding carboxylic acids is 1. The first-order valence-electron chi connectivity index (χ1n) is 7.29. The predicted octanol–water partition coefficient (Wildman–Crippen LogP) is 3.26. The van der Waals surface area contributed by atoms with Crippen LogP contribution in [0.1, 0.15) is 28.5 Å². The van der Waals surface area contributed by atoms with E-state index in [2.05, 4.69) is 22.4 Å². The number of benzene rings is 2. The Morgan fingerprint density at radius 1 is 1.00 bits per heavy atom. The van der Waals surface area contributed by atoms with Crippen LogP contribution in [0.4, 0.5) is 0 Å². The first-order chi connectivity index (χ1) is 10.7. The summed E-state index contributed by atoms with van der Waals surface area (Å²) in [7, 11) is 0. The van der Waals surface area contributed by atoms with Crippen LogP contribution in [0.5, 0.6) is 0 Å². The van der Waals surface area contributed by atoms with Crippen molar-refractivity contribution < 1.29 is 4.79 Å². The van der Waals surface area contributed by atoms with Crippen molar-refractivity contribution in [2.45, 2.75) is 19.8 Å². The smallest absolute Gasteiger partial charge is 0.159 e. The van der Waals surface area contributed by atoms with Crippen LogP contribution in [-0.4, -0.2) is 20.8 Å². The number of ketones is 1. The van der Waals surface area contributed by atoms with Gasteiger partial charge >= 0.3 is 0 Å². The third kappa shape index (κ3) is 3.28. The van der Waals surface area contributed by atoms with E-state index in [9.17, 15) is 4.79 Å². The molecule has 3 aromatic rings. The van der Waals surface area contributed by atoms with Crippen LogP contribution in [0.15, 0.2) is 60.8 Å². The van der Waals surface area contributed by atoms with Gasteiger partial charge in [-0.25, -0.2) is 4.68 Å². The van der Waals surface area contributed by atoms with Gasteiger partial charge < -0.3 is 0 Å². The van der Waals surface area contributed by atoms with E-state index in [0.717, 1.165) is 24.2 Å². The third-order valence-electron chi connectivity index (χ3n) is 3.59. The first-order valence-corrected chi connectivity index (χ1v) is 7.29. The van der Waals surface area contributed by atoms with Gasteiger partial charge in [-0.15, -0.1) is 5.10 Å². The van der Waals surface area contributed by atoms with Crippen molar-refractivity contribution in [3.05, 3.63) is 77.6 Å². The molecular formula is C18H17N3O. The van der Waals surface area contributed by atoms with Gasteiger partial charge in [0.1, 0.15) is 0 Å². The number of Topliss-reactive ketones (excluding diaryl/α,β-unsaturated/α-hetero) is 1. The highest BCUT2D eigenvalue weighted by atomic mass is 16.1. The molecule has 0 unspecified atom stereocenters. The number of rotatable bonds is 5. The highest BCUT2D eigenvalue weighted by Gasteiger charge is 2.05. The van der Waals surface area contributed by atoms with Crippen LogP contribution in [0.3, 0.4) is 0 Å². The molecule has 0 spiro atoms. The molecule has 0 bridgehead atoms. The molecule has 0 N–H and O–H groups in total. The molecule has 110 valence electrons. The highest BCUT2D eigenvalue weighted by Crippen LogP contribution is 2.11. The van der Waals surface area contributed by atoms with E-state index in [1.807, 2.05) is 48.7 Å². The minimum Gasteiger partial charge on any atom is -0.295 e. The van der Waals surface area contributed by atoms with Gasteiger partial charge in [0, 0.05) is 5.56 Å². The zero-order valence-electron chi connectivity index (χ0n) is 12.4. The molecule has 0 amide bonds. The Labute approximate surface area is 129 Å². The fourth-order valence-electron chi connectivity index (χ4n) is 2.31. The minimum atomic E-state index is 0.0636. The molecule has 0 radical (unpaired) electrons. The quantitative estimate of drug-likeness (QED) is 0.678. The van der Waals surface area contributed by atoms with Gasteiger partial charge in [0.15, 0.2) is 5.78 Å². The van der Waals surface area contributed by atoms with E-state index in [1.54, 1.807) is 11.6 Å². The van der Waals surface area contributed by atoms with Crippen molar-refractivity contribution in [2.24, 2.45) is 0 Å². The molecule has 3 rings (SSSR count). The molecule has 0 atom stereocenters. The Hall–Kier alpha value is -2.75. The highest BCUT2D eigenvalue weighted by molar-refractivity contribution is 5.94. The molecule has 0 fully saturated rings. The van der Waals surface area contributed by atoms with Crippen molar-refractivity contribution in [1.29, 1.82) is 0 Å². The van der Waals surface area contributed by atoms with Crippen molar-refractivity contribution in [3.63, 3.8) is 0 Å². The number of hydrogen-bond donors (Lipinski definition) is 0. The van der Waals surface area contributed by atoms with Gasteiger partial charge in [0.2, 0.25) is 0 Å². The Balaban J connectivity index is 1.69. The van der Waals surface area contributed by atoms with E-state index in [0.29, 0.717) is 5.56 Å². The summed E-state index contributed by atoms with van der Waals surface area (Å²) < 4.78 is 1.74. The summed E-state index contributed by atoms with van der Waals surface area (Å²) in [5, 5.41) is 8.37. The van der Waals surface area contributed by atoms with E-state index in [4.69, 9.17) is 0 Å². The fourth-order valence-corrected chi connectivity index (χ4v) is 2.31. The number of carbonyl (C=O) groups is 1. The van der Waals surface area contributed by atoms with Crippen LogP contribution in [0, 0.1) is 0 Å². The van der Waals surface area contributed by atoms with Crippen molar-refractivity contribution >= 4 is 5.78 Å². The topological polar surface area (TPSA) is 47.8 Å². The molecule has 0 aliphatic heterocycles. The maximum absolute atomic E-state index is 11.3. The largest absolute Gasteiger partial charge is 0.295 e. The molecular weight excluding hydrogens is 274 g/mol. The van der Waals surface area contributed by atoms with Gasteiger partial charge in [-0.2, -0.15) is 0 Å². The lowest BCUT2D eigenvalue weighted by Crippen LogP contribution is -1.97. The van der Waals surface area contributed by atoms with E-state index in [1.165, 1.54) is 5.56 Å². The van der Waals surface area contributed by atoms with Gasteiger partial charge in [0.05, 0.1) is 17.6 Å². The number of hydrogen-bond acceptors (Lipinski definition) is 3. The monoisotopic (exact) mass is 291 g/mol. The van der Waals surface area contributed by atoms with Crippen molar-refractivity contribution in [2.75, 3.05) is 0 Å². The number of aromatic nitrogens is 3. The SMILES string of the molecule is CC(=O)c1ccc(-n2cc(CCc3ccccc3)nn2)cc1. The molecule has 1 heterocycles. The Morgan fingerprint density at radius 3 is 2.41 bits per heavy atom. The van der Waals surface area contributed by atoms with E-state index >= 15 is 0 Å². The summed E-state index contributed by atoms with van der Waals surface area (Å²) >= 11 is 0. The number of nitrogens with zero attached hydrogens (tertiary/aromatic N) is 3. The lowest BCUT2D eigenvalue weighted by atomic mass is 10.1. The predicted molar refractivity (Wildman–Crippen MR) is 85.2 cm³/mol. The van der Waals surface area contributed by atoms with E-state index < -0.39 is 0 Å². The van der Waals surface area contributed by atoms with Crippen LogP contribution < -0.4 is 0 Å². The average molecular weight is 291 g/mol. The molecule has 4 nitrogen and oxygen atoms in total. The minimum absolute atomic E-state index is 0.0636. The summed E-state index contributed by atoms with van der Waals surface area (Å²) in [6, 6.07) is 17.7. The second-order valence-electron chi connectivity index (χ2n) is 5.24. The van der Waals surface area contributed by atoms with Gasteiger partial charge in [0.25, 0.3) is 0 Å². The Morgan fingerprint density at radius 2 is 1.73 bits per heavy atom. The molecule has 0 aliphatic carbocycles. The maximum Gasteiger partial charge on any atom is 0.159 e. The zero-order chi connectivity index (χ0) is 15.4.